The minimum absolute atomic E-state index is 0.0843. The van der Waals surface area contributed by atoms with Gasteiger partial charge in [-0.05, 0) is 73.4 Å². The van der Waals surface area contributed by atoms with Crippen LogP contribution in [0.3, 0.4) is 0 Å². The predicted molar refractivity (Wildman–Crippen MR) is 182 cm³/mol. The number of unbranched alkanes of at least 4 members (excludes halogenated alkanes) is 1. The van der Waals surface area contributed by atoms with Gasteiger partial charge in [0.15, 0.2) is 0 Å². The standard InChI is InChI=1S/C34H36FN5O3S2/c1-4-5-15-39-31(38-19-17-37(18-20-38)26-10-8-25(35)9-11-26)28(23(2)29(22-36)32(39)41)21-30-33(42)40(34(44)45-30)16-14-24-6-12-27(43-3)13-7-24/h6-13,21H,4-5,14-20H2,1-3H3. The molecule has 0 bridgehead atoms. The zero-order valence-electron chi connectivity index (χ0n) is 25.7. The first-order valence-corrected chi connectivity index (χ1v) is 16.3. The normalized spacial score (nSPS) is 16.1. The van der Waals surface area contributed by atoms with E-state index in [2.05, 4.69) is 22.8 Å². The molecule has 2 aliphatic rings. The second-order valence-electron chi connectivity index (χ2n) is 11.0. The van der Waals surface area contributed by atoms with Crippen molar-refractivity contribution in [3.8, 4) is 11.8 Å². The van der Waals surface area contributed by atoms with Crippen LogP contribution in [0, 0.1) is 24.1 Å². The van der Waals surface area contributed by atoms with Gasteiger partial charge in [0.05, 0.1) is 12.0 Å². The number of pyridine rings is 1. The van der Waals surface area contributed by atoms with E-state index in [9.17, 15) is 19.2 Å². The van der Waals surface area contributed by atoms with Gasteiger partial charge in [0, 0.05) is 50.5 Å². The molecule has 2 aromatic carbocycles. The van der Waals surface area contributed by atoms with Crippen LogP contribution in [0.4, 0.5) is 15.9 Å². The van der Waals surface area contributed by atoms with Crippen molar-refractivity contribution in [2.24, 2.45) is 0 Å². The summed E-state index contributed by atoms with van der Waals surface area (Å²) in [5.74, 6) is 1.02. The van der Waals surface area contributed by atoms with Gasteiger partial charge in [0.1, 0.15) is 33.3 Å². The zero-order chi connectivity index (χ0) is 32.1. The zero-order valence-corrected chi connectivity index (χ0v) is 27.3. The van der Waals surface area contributed by atoms with E-state index in [1.807, 2.05) is 30.3 Å². The molecule has 1 aromatic heterocycles. The number of hydrogen-bond donors (Lipinski definition) is 0. The van der Waals surface area contributed by atoms with Crippen molar-refractivity contribution in [2.45, 2.75) is 39.7 Å². The van der Waals surface area contributed by atoms with Crippen LogP contribution >= 0.6 is 24.0 Å². The quantitative estimate of drug-likeness (QED) is 0.204. The number of ether oxygens (including phenoxy) is 1. The Hall–Kier alpha value is -4.14. The first-order valence-electron chi connectivity index (χ1n) is 15.1. The molecule has 11 heteroatoms. The maximum atomic E-state index is 13.7. The third-order valence-corrected chi connectivity index (χ3v) is 9.66. The van der Waals surface area contributed by atoms with Crippen molar-refractivity contribution >= 4 is 51.8 Å². The Balaban J connectivity index is 1.47. The number of anilines is 2. The number of hydrogen-bond acceptors (Lipinski definition) is 8. The van der Waals surface area contributed by atoms with Crippen LogP contribution < -0.4 is 20.1 Å². The number of aromatic nitrogens is 1. The van der Waals surface area contributed by atoms with E-state index in [1.165, 1.54) is 23.9 Å². The van der Waals surface area contributed by atoms with Gasteiger partial charge in [-0.3, -0.25) is 19.1 Å². The van der Waals surface area contributed by atoms with E-state index in [1.54, 1.807) is 35.6 Å². The van der Waals surface area contributed by atoms with Crippen LogP contribution in [0.2, 0.25) is 0 Å². The van der Waals surface area contributed by atoms with Crippen LogP contribution in [0.5, 0.6) is 5.75 Å². The second-order valence-corrected chi connectivity index (χ2v) is 12.7. The maximum Gasteiger partial charge on any atom is 0.270 e. The number of nitrogens with zero attached hydrogens (tertiary/aromatic N) is 5. The van der Waals surface area contributed by atoms with Crippen LogP contribution in [0.25, 0.3) is 6.08 Å². The van der Waals surface area contributed by atoms with Crippen molar-refractivity contribution < 1.29 is 13.9 Å². The van der Waals surface area contributed by atoms with Crippen molar-refractivity contribution in [2.75, 3.05) is 49.6 Å². The molecule has 0 unspecified atom stereocenters. The Morgan fingerprint density at radius 3 is 2.31 bits per heavy atom. The number of carbonyl (C=O) groups excluding carboxylic acids is 1. The molecule has 5 rings (SSSR count). The third kappa shape index (κ3) is 6.92. The van der Waals surface area contributed by atoms with Crippen LogP contribution in [-0.4, -0.2) is 59.5 Å². The van der Waals surface area contributed by atoms with Crippen LogP contribution in [0.15, 0.2) is 58.2 Å². The summed E-state index contributed by atoms with van der Waals surface area (Å²) in [6.45, 7) is 7.28. The minimum Gasteiger partial charge on any atom is -0.497 e. The fourth-order valence-electron chi connectivity index (χ4n) is 5.69. The number of benzene rings is 2. The van der Waals surface area contributed by atoms with Gasteiger partial charge in [0.2, 0.25) is 0 Å². The topological polar surface area (TPSA) is 81.8 Å². The molecular weight excluding hydrogens is 610 g/mol. The molecule has 0 atom stereocenters. The summed E-state index contributed by atoms with van der Waals surface area (Å²) in [4.78, 5) is 33.8. The molecule has 2 aliphatic heterocycles. The lowest BCUT2D eigenvalue weighted by Gasteiger charge is -2.39. The molecule has 0 saturated carbocycles. The van der Waals surface area contributed by atoms with Crippen LogP contribution in [0.1, 0.15) is 42.0 Å². The maximum absolute atomic E-state index is 13.7. The molecule has 0 radical (unpaired) electrons. The van der Waals surface area contributed by atoms with Crippen molar-refractivity contribution in [1.29, 1.82) is 5.26 Å². The fourth-order valence-corrected chi connectivity index (χ4v) is 6.98. The number of halogens is 1. The Bertz CT molecular complexity index is 1710. The second kappa shape index (κ2) is 14.3. The highest BCUT2D eigenvalue weighted by atomic mass is 32.2. The lowest BCUT2D eigenvalue weighted by molar-refractivity contribution is -0.122. The van der Waals surface area contributed by atoms with Gasteiger partial charge < -0.3 is 14.5 Å². The lowest BCUT2D eigenvalue weighted by atomic mass is 10.0. The molecule has 2 fully saturated rings. The summed E-state index contributed by atoms with van der Waals surface area (Å²) in [6, 6.07) is 16.3. The minimum atomic E-state index is -0.316. The van der Waals surface area contributed by atoms with Crippen LogP contribution in [-0.2, 0) is 17.8 Å². The summed E-state index contributed by atoms with van der Waals surface area (Å²) in [7, 11) is 1.62. The first kappa shape index (κ1) is 32.3. The fraction of sp³-hybridized carbons (Fsp3) is 0.353. The Morgan fingerprint density at radius 2 is 1.69 bits per heavy atom. The summed E-state index contributed by atoms with van der Waals surface area (Å²) >= 11 is 6.88. The van der Waals surface area contributed by atoms with E-state index < -0.39 is 0 Å². The number of rotatable bonds is 10. The van der Waals surface area contributed by atoms with E-state index in [0.717, 1.165) is 29.8 Å². The first-order chi connectivity index (χ1) is 21.7. The predicted octanol–water partition coefficient (Wildman–Crippen LogP) is 5.75. The summed E-state index contributed by atoms with van der Waals surface area (Å²) in [5, 5.41) is 10.0. The van der Waals surface area contributed by atoms with E-state index in [-0.39, 0.29) is 22.8 Å². The number of nitriles is 1. The number of thioether (sulfide) groups is 1. The summed E-state index contributed by atoms with van der Waals surface area (Å²) < 4.78 is 21.0. The van der Waals surface area contributed by atoms with Gasteiger partial charge in [-0.2, -0.15) is 5.26 Å². The van der Waals surface area contributed by atoms with Crippen molar-refractivity contribution in [3.05, 3.63) is 91.9 Å². The number of carbonyl (C=O) groups is 1. The third-order valence-electron chi connectivity index (χ3n) is 8.28. The molecule has 3 aromatic rings. The molecule has 234 valence electrons. The average Bonchev–Trinajstić information content (AvgIpc) is 3.32. The summed E-state index contributed by atoms with van der Waals surface area (Å²) in [6.07, 6.45) is 4.09. The van der Waals surface area contributed by atoms with E-state index in [0.29, 0.717) is 71.9 Å². The van der Waals surface area contributed by atoms with Crippen molar-refractivity contribution in [3.63, 3.8) is 0 Å². The Morgan fingerprint density at radius 1 is 1.02 bits per heavy atom. The number of piperazine rings is 1. The molecule has 2 saturated heterocycles. The Kier molecular flexibility index (Phi) is 10.3. The SMILES string of the molecule is CCCCn1c(N2CCN(c3ccc(F)cc3)CC2)c(C=C2SC(=S)N(CCc3ccc(OC)cc3)C2=O)c(C)c(C#N)c1=O. The highest BCUT2D eigenvalue weighted by Gasteiger charge is 2.33. The van der Waals surface area contributed by atoms with Gasteiger partial charge in [-0.25, -0.2) is 4.39 Å². The number of amides is 1. The monoisotopic (exact) mass is 645 g/mol. The highest BCUT2D eigenvalue weighted by molar-refractivity contribution is 8.26. The van der Waals surface area contributed by atoms with Gasteiger partial charge in [-0.1, -0.05) is 49.5 Å². The lowest BCUT2D eigenvalue weighted by Crippen LogP contribution is -2.48. The van der Waals surface area contributed by atoms with E-state index in [4.69, 9.17) is 17.0 Å². The van der Waals surface area contributed by atoms with Crippen molar-refractivity contribution in [1.82, 2.24) is 9.47 Å². The average molecular weight is 646 g/mol. The molecule has 0 spiro atoms. The smallest absolute Gasteiger partial charge is 0.270 e. The van der Waals surface area contributed by atoms with E-state index >= 15 is 0 Å². The Labute approximate surface area is 272 Å². The molecule has 8 nitrogen and oxygen atoms in total. The molecule has 45 heavy (non-hydrogen) atoms. The number of thiocarbonyl (C=S) groups is 1. The highest BCUT2D eigenvalue weighted by Crippen LogP contribution is 2.36. The molecule has 0 aliphatic carbocycles. The molecule has 1 amide bonds. The number of methoxy groups -OCH3 is 1. The van der Waals surface area contributed by atoms with Gasteiger partial charge in [0.25, 0.3) is 11.5 Å². The molecule has 0 N–H and O–H groups in total. The summed E-state index contributed by atoms with van der Waals surface area (Å²) in [5.41, 5.74) is 3.01. The molecule has 3 heterocycles. The van der Waals surface area contributed by atoms with Gasteiger partial charge in [-0.15, -0.1) is 0 Å². The molecular formula is C34H36FN5O3S2. The van der Waals surface area contributed by atoms with Gasteiger partial charge >= 0.3 is 0 Å². The largest absolute Gasteiger partial charge is 0.497 e.